The van der Waals surface area contributed by atoms with Crippen molar-refractivity contribution in [2.45, 2.75) is 64.0 Å². The van der Waals surface area contributed by atoms with Crippen LogP contribution in [0.5, 0.6) is 0 Å². The van der Waals surface area contributed by atoms with Crippen molar-refractivity contribution in [3.8, 4) is 0 Å². The predicted molar refractivity (Wildman–Crippen MR) is 60.3 cm³/mol. The van der Waals surface area contributed by atoms with E-state index in [-0.39, 0.29) is 11.6 Å². The van der Waals surface area contributed by atoms with Gasteiger partial charge >= 0.3 is 0 Å². The van der Waals surface area contributed by atoms with E-state index in [1.165, 1.54) is 19.3 Å². The molecule has 1 aliphatic rings. The highest BCUT2D eigenvalue weighted by Crippen LogP contribution is 2.34. The molecule has 1 unspecified atom stereocenters. The molecular weight excluding hydrogens is 174 g/mol. The Morgan fingerprint density at radius 2 is 1.93 bits per heavy atom. The van der Waals surface area contributed by atoms with Crippen molar-refractivity contribution in [2.75, 3.05) is 7.11 Å². The third-order valence-corrected chi connectivity index (χ3v) is 4.09. The van der Waals surface area contributed by atoms with Crippen LogP contribution in [0.15, 0.2) is 0 Å². The topological polar surface area (TPSA) is 35.2 Å². The summed E-state index contributed by atoms with van der Waals surface area (Å²) in [5, 5.41) is 0. The van der Waals surface area contributed by atoms with E-state index in [1.807, 2.05) is 0 Å². The molecule has 0 heterocycles. The van der Waals surface area contributed by atoms with E-state index in [9.17, 15) is 0 Å². The van der Waals surface area contributed by atoms with Crippen molar-refractivity contribution in [3.05, 3.63) is 0 Å². The van der Waals surface area contributed by atoms with Crippen LogP contribution in [-0.2, 0) is 4.74 Å². The van der Waals surface area contributed by atoms with Crippen molar-refractivity contribution in [3.63, 3.8) is 0 Å². The quantitative estimate of drug-likeness (QED) is 0.714. The van der Waals surface area contributed by atoms with Crippen LogP contribution >= 0.6 is 0 Å². The Hall–Kier alpha value is -0.0800. The maximum Gasteiger partial charge on any atom is 0.0823 e. The summed E-state index contributed by atoms with van der Waals surface area (Å²) in [6, 6.07) is 0.216. The molecule has 2 heteroatoms. The molecule has 1 aliphatic carbocycles. The summed E-state index contributed by atoms with van der Waals surface area (Å²) in [7, 11) is 1.80. The monoisotopic (exact) mass is 199 g/mol. The number of rotatable bonds is 6. The van der Waals surface area contributed by atoms with Gasteiger partial charge in [0.05, 0.1) is 5.60 Å². The second kappa shape index (κ2) is 5.13. The fourth-order valence-electron chi connectivity index (χ4n) is 2.52. The lowest BCUT2D eigenvalue weighted by molar-refractivity contribution is -0.0453. The van der Waals surface area contributed by atoms with Gasteiger partial charge < -0.3 is 10.5 Å². The Morgan fingerprint density at radius 1 is 1.36 bits per heavy atom. The van der Waals surface area contributed by atoms with Gasteiger partial charge in [-0.2, -0.15) is 0 Å². The highest BCUT2D eigenvalue weighted by Gasteiger charge is 2.35. The van der Waals surface area contributed by atoms with Gasteiger partial charge in [-0.15, -0.1) is 0 Å². The van der Waals surface area contributed by atoms with Crippen LogP contribution in [0.1, 0.15) is 52.4 Å². The van der Waals surface area contributed by atoms with Gasteiger partial charge in [0.25, 0.3) is 0 Å². The lowest BCUT2D eigenvalue weighted by atomic mass is 9.76. The largest absolute Gasteiger partial charge is 0.377 e. The summed E-state index contributed by atoms with van der Waals surface area (Å²) in [5.41, 5.74) is 6.20. The van der Waals surface area contributed by atoms with E-state index in [4.69, 9.17) is 10.5 Å². The maximum atomic E-state index is 6.27. The van der Waals surface area contributed by atoms with E-state index in [1.54, 1.807) is 7.11 Å². The Labute approximate surface area is 88.2 Å². The lowest BCUT2D eigenvalue weighted by Gasteiger charge is -2.39. The van der Waals surface area contributed by atoms with Crippen LogP contribution in [0, 0.1) is 5.92 Å². The van der Waals surface area contributed by atoms with Crippen LogP contribution in [-0.4, -0.2) is 18.8 Å². The second-order valence-electron chi connectivity index (χ2n) is 4.62. The van der Waals surface area contributed by atoms with Crippen molar-refractivity contribution < 1.29 is 4.74 Å². The van der Waals surface area contributed by atoms with E-state index in [0.717, 1.165) is 25.2 Å². The molecule has 2 N–H and O–H groups in total. The maximum absolute atomic E-state index is 6.27. The van der Waals surface area contributed by atoms with Crippen LogP contribution in [0.25, 0.3) is 0 Å². The molecule has 0 radical (unpaired) electrons. The minimum absolute atomic E-state index is 0.0738. The molecule has 0 bridgehead atoms. The van der Waals surface area contributed by atoms with Crippen molar-refractivity contribution in [2.24, 2.45) is 11.7 Å². The van der Waals surface area contributed by atoms with Crippen LogP contribution in [0.3, 0.4) is 0 Å². The molecule has 0 saturated heterocycles. The normalized spacial score (nSPS) is 20.6. The standard InChI is InChI=1S/C12H25NO/c1-4-12(5-2,14-3)11(13)9-10-7-6-8-10/h10-11H,4-9,13H2,1-3H3. The SMILES string of the molecule is CCC(CC)(OC)C(N)CC1CCC1. The molecule has 1 atom stereocenters. The molecule has 1 saturated carbocycles. The highest BCUT2D eigenvalue weighted by molar-refractivity contribution is 4.91. The molecule has 2 nitrogen and oxygen atoms in total. The molecule has 84 valence electrons. The molecular formula is C12H25NO. The van der Waals surface area contributed by atoms with Gasteiger partial charge in [0.1, 0.15) is 0 Å². The van der Waals surface area contributed by atoms with Gasteiger partial charge in [0.2, 0.25) is 0 Å². The van der Waals surface area contributed by atoms with Crippen molar-refractivity contribution in [1.29, 1.82) is 0 Å². The van der Waals surface area contributed by atoms with Crippen molar-refractivity contribution in [1.82, 2.24) is 0 Å². The van der Waals surface area contributed by atoms with E-state index in [2.05, 4.69) is 13.8 Å². The Morgan fingerprint density at radius 3 is 2.21 bits per heavy atom. The first kappa shape index (κ1) is 12.0. The van der Waals surface area contributed by atoms with Gasteiger partial charge in [0, 0.05) is 13.2 Å². The minimum Gasteiger partial charge on any atom is -0.377 e. The van der Waals surface area contributed by atoms with E-state index < -0.39 is 0 Å². The van der Waals surface area contributed by atoms with Gasteiger partial charge in [-0.25, -0.2) is 0 Å². The average molecular weight is 199 g/mol. The molecule has 14 heavy (non-hydrogen) atoms. The number of nitrogens with two attached hydrogens (primary N) is 1. The summed E-state index contributed by atoms with van der Waals surface area (Å²) < 4.78 is 5.64. The predicted octanol–water partition coefficient (Wildman–Crippen LogP) is 2.71. The first-order valence-corrected chi connectivity index (χ1v) is 5.99. The van der Waals surface area contributed by atoms with Crippen LogP contribution in [0.4, 0.5) is 0 Å². The summed E-state index contributed by atoms with van der Waals surface area (Å²) in [6.07, 6.45) is 7.34. The summed E-state index contributed by atoms with van der Waals surface area (Å²) >= 11 is 0. The number of hydrogen-bond donors (Lipinski definition) is 1. The smallest absolute Gasteiger partial charge is 0.0823 e. The zero-order chi connectivity index (χ0) is 10.6. The molecule has 0 aliphatic heterocycles. The zero-order valence-electron chi connectivity index (χ0n) is 9.88. The molecule has 1 fully saturated rings. The van der Waals surface area contributed by atoms with Crippen molar-refractivity contribution >= 4 is 0 Å². The van der Waals surface area contributed by atoms with Crippen LogP contribution in [0.2, 0.25) is 0 Å². The first-order valence-electron chi connectivity index (χ1n) is 5.99. The summed E-state index contributed by atoms with van der Waals surface area (Å²) in [5.74, 6) is 0.873. The fraction of sp³-hybridized carbons (Fsp3) is 1.00. The summed E-state index contributed by atoms with van der Waals surface area (Å²) in [4.78, 5) is 0. The van der Waals surface area contributed by atoms with Gasteiger partial charge in [-0.3, -0.25) is 0 Å². The Bertz CT molecular complexity index is 153. The molecule has 0 amide bonds. The van der Waals surface area contributed by atoms with Gasteiger partial charge in [-0.1, -0.05) is 33.1 Å². The van der Waals surface area contributed by atoms with Gasteiger partial charge in [0.15, 0.2) is 0 Å². The number of methoxy groups -OCH3 is 1. The van der Waals surface area contributed by atoms with Gasteiger partial charge in [-0.05, 0) is 25.2 Å². The minimum atomic E-state index is -0.0738. The number of hydrogen-bond acceptors (Lipinski definition) is 2. The lowest BCUT2D eigenvalue weighted by Crippen LogP contribution is -2.50. The third-order valence-electron chi connectivity index (χ3n) is 4.09. The third kappa shape index (κ3) is 2.29. The molecule has 0 aromatic carbocycles. The molecule has 0 spiro atoms. The average Bonchev–Trinajstić information content (AvgIpc) is 2.15. The second-order valence-corrected chi connectivity index (χ2v) is 4.62. The van der Waals surface area contributed by atoms with E-state index in [0.29, 0.717) is 0 Å². The summed E-state index contributed by atoms with van der Waals surface area (Å²) in [6.45, 7) is 4.35. The zero-order valence-corrected chi connectivity index (χ0v) is 9.88. The molecule has 0 aromatic rings. The van der Waals surface area contributed by atoms with Crippen LogP contribution < -0.4 is 5.73 Å². The fourth-order valence-corrected chi connectivity index (χ4v) is 2.52. The first-order chi connectivity index (χ1) is 6.68. The Kier molecular flexibility index (Phi) is 4.39. The highest BCUT2D eigenvalue weighted by atomic mass is 16.5. The molecule has 1 rings (SSSR count). The van der Waals surface area contributed by atoms with E-state index >= 15 is 0 Å². The molecule has 0 aromatic heterocycles. The Balaban J connectivity index is 2.47. The number of ether oxygens (including phenoxy) is 1.